The average Bonchev–Trinajstić information content (AvgIpc) is 2.88. The number of piperidine rings is 1. The predicted molar refractivity (Wildman–Crippen MR) is 136 cm³/mol. The average molecular weight is 485 g/mol. The van der Waals surface area contributed by atoms with Crippen molar-refractivity contribution in [1.82, 2.24) is 31.1 Å². The molecule has 3 heterocycles. The number of pyridine rings is 1. The van der Waals surface area contributed by atoms with Gasteiger partial charge in [-0.1, -0.05) is 19.4 Å². The van der Waals surface area contributed by atoms with E-state index in [1.165, 1.54) is 25.7 Å². The molecule has 1 aromatic rings. The summed E-state index contributed by atoms with van der Waals surface area (Å²) in [7, 11) is 1.76. The molecule has 1 saturated heterocycles. The number of likely N-dealkylation sites (N-methyl/N-ethyl adjacent to an activating group) is 1. The molecule has 10 nitrogen and oxygen atoms in total. The normalized spacial score (nSPS) is 20.3. The van der Waals surface area contributed by atoms with Crippen LogP contribution in [-0.4, -0.2) is 60.0 Å². The maximum Gasteiger partial charge on any atom is 0.215 e. The molecule has 0 unspecified atom stereocenters. The lowest BCUT2D eigenvalue weighted by Gasteiger charge is -2.42. The number of nitrogens with two attached hydrogens (primary N) is 1. The molecular weight excluding hydrogens is 444 g/mol. The molecule has 0 aromatic carbocycles. The van der Waals surface area contributed by atoms with Crippen molar-refractivity contribution in [3.8, 4) is 5.88 Å². The summed E-state index contributed by atoms with van der Waals surface area (Å²) in [5, 5.41) is 12.6. The Bertz CT molecular complexity index is 901. The van der Waals surface area contributed by atoms with Crippen LogP contribution in [0.1, 0.15) is 63.9 Å². The Kier molecular flexibility index (Phi) is 8.33. The second-order valence-corrected chi connectivity index (χ2v) is 9.85. The SMILES string of the molecule is CCCCN1N=C(N)C(NC)=C(N(C=O)Cc2ccc(OC3CCC4(CCNCC4)CC3)nc2)N1. The molecule has 1 saturated carbocycles. The van der Waals surface area contributed by atoms with E-state index >= 15 is 0 Å². The minimum atomic E-state index is 0.228. The van der Waals surface area contributed by atoms with Crippen molar-refractivity contribution in [3.05, 3.63) is 35.4 Å². The van der Waals surface area contributed by atoms with Crippen molar-refractivity contribution in [2.45, 2.75) is 70.9 Å². The maximum absolute atomic E-state index is 12.0. The molecule has 1 aromatic heterocycles. The summed E-state index contributed by atoms with van der Waals surface area (Å²) in [4.78, 5) is 18.1. The number of nitrogens with one attached hydrogen (secondary N) is 3. The van der Waals surface area contributed by atoms with E-state index in [1.54, 1.807) is 23.3 Å². The molecule has 2 aliphatic heterocycles. The van der Waals surface area contributed by atoms with Gasteiger partial charge in [0, 0.05) is 19.3 Å². The van der Waals surface area contributed by atoms with Crippen LogP contribution in [0.4, 0.5) is 0 Å². The standard InChI is InChI=1S/C25H40N8O2/c1-3-4-15-33-30-23(26)22(27-2)24(31-33)32(18-34)17-19-5-6-21(29-16-19)35-20-7-9-25(10-8-20)11-13-28-14-12-25/h5-6,16,18,20,27-28,31H,3-4,7-15,17H2,1-2H3,(H2,26,30). The van der Waals surface area contributed by atoms with Crippen LogP contribution in [0.3, 0.4) is 0 Å². The number of aromatic nitrogens is 1. The van der Waals surface area contributed by atoms with Crippen molar-refractivity contribution in [2.75, 3.05) is 26.7 Å². The number of hydrazone groups is 1. The summed E-state index contributed by atoms with van der Waals surface area (Å²) in [5.41, 5.74) is 11.4. The molecule has 0 radical (unpaired) electrons. The predicted octanol–water partition coefficient (Wildman–Crippen LogP) is 2.01. The summed E-state index contributed by atoms with van der Waals surface area (Å²) in [6, 6.07) is 3.86. The van der Waals surface area contributed by atoms with E-state index < -0.39 is 0 Å². The van der Waals surface area contributed by atoms with Crippen LogP contribution in [0.5, 0.6) is 5.88 Å². The van der Waals surface area contributed by atoms with Crippen molar-refractivity contribution in [2.24, 2.45) is 16.3 Å². The molecule has 1 spiro atoms. The Morgan fingerprint density at radius 2 is 2.06 bits per heavy atom. The lowest BCUT2D eigenvalue weighted by atomic mass is 9.68. The van der Waals surface area contributed by atoms with Gasteiger partial charge in [-0.3, -0.25) is 15.1 Å². The highest BCUT2D eigenvalue weighted by molar-refractivity contribution is 5.97. The number of nitrogens with zero attached hydrogens (tertiary/aromatic N) is 4. The molecule has 0 atom stereocenters. The minimum absolute atomic E-state index is 0.228. The number of hydrazine groups is 1. The van der Waals surface area contributed by atoms with E-state index in [-0.39, 0.29) is 6.10 Å². The van der Waals surface area contributed by atoms with E-state index in [4.69, 9.17) is 10.5 Å². The molecule has 35 heavy (non-hydrogen) atoms. The highest BCUT2D eigenvalue weighted by atomic mass is 16.5. The number of amidine groups is 1. The van der Waals surface area contributed by atoms with Crippen LogP contribution < -0.4 is 26.5 Å². The topological polar surface area (TPSA) is 120 Å². The van der Waals surface area contributed by atoms with Gasteiger partial charge in [0.05, 0.1) is 13.1 Å². The second kappa shape index (κ2) is 11.6. The van der Waals surface area contributed by atoms with Crippen molar-refractivity contribution < 1.29 is 9.53 Å². The third-order valence-electron chi connectivity index (χ3n) is 7.44. The number of carbonyl (C=O) groups is 1. The van der Waals surface area contributed by atoms with Gasteiger partial charge in [0.2, 0.25) is 12.3 Å². The number of carbonyl (C=O) groups excluding carboxylic acids is 1. The van der Waals surface area contributed by atoms with E-state index in [0.29, 0.717) is 41.7 Å². The Morgan fingerprint density at radius 1 is 1.29 bits per heavy atom. The van der Waals surface area contributed by atoms with Crippen molar-refractivity contribution in [3.63, 3.8) is 0 Å². The summed E-state index contributed by atoms with van der Waals surface area (Å²) < 4.78 is 6.21. The highest BCUT2D eigenvalue weighted by Crippen LogP contribution is 2.43. The summed E-state index contributed by atoms with van der Waals surface area (Å²) in [5.74, 6) is 1.55. The van der Waals surface area contributed by atoms with Gasteiger partial charge in [0.1, 0.15) is 11.8 Å². The first-order valence-electron chi connectivity index (χ1n) is 12.9. The Morgan fingerprint density at radius 3 is 2.69 bits per heavy atom. The third kappa shape index (κ3) is 6.17. The van der Waals surface area contributed by atoms with Gasteiger partial charge >= 0.3 is 0 Å². The smallest absolute Gasteiger partial charge is 0.215 e. The number of ether oxygens (including phenoxy) is 1. The van der Waals surface area contributed by atoms with Gasteiger partial charge in [0.25, 0.3) is 0 Å². The minimum Gasteiger partial charge on any atom is -0.474 e. The third-order valence-corrected chi connectivity index (χ3v) is 7.44. The van der Waals surface area contributed by atoms with Crippen LogP contribution in [-0.2, 0) is 11.3 Å². The van der Waals surface area contributed by atoms with Crippen LogP contribution in [0, 0.1) is 5.41 Å². The number of rotatable bonds is 10. The summed E-state index contributed by atoms with van der Waals surface area (Å²) in [6.07, 6.45) is 12.0. The fourth-order valence-corrected chi connectivity index (χ4v) is 5.26. The van der Waals surface area contributed by atoms with E-state index in [1.807, 2.05) is 12.1 Å². The van der Waals surface area contributed by atoms with Crippen LogP contribution in [0.2, 0.25) is 0 Å². The molecule has 10 heteroatoms. The number of hydrogen-bond donors (Lipinski definition) is 4. The molecule has 2 fully saturated rings. The van der Waals surface area contributed by atoms with Gasteiger partial charge < -0.3 is 21.1 Å². The molecule has 192 valence electrons. The second-order valence-electron chi connectivity index (χ2n) is 9.85. The van der Waals surface area contributed by atoms with Crippen LogP contribution in [0.25, 0.3) is 0 Å². The van der Waals surface area contributed by atoms with Gasteiger partial charge in [-0.25, -0.2) is 10.1 Å². The molecule has 5 N–H and O–H groups in total. The summed E-state index contributed by atoms with van der Waals surface area (Å²) >= 11 is 0. The zero-order valence-corrected chi connectivity index (χ0v) is 21.1. The molecule has 1 aliphatic carbocycles. The lowest BCUT2D eigenvalue weighted by Crippen LogP contribution is -2.49. The summed E-state index contributed by atoms with van der Waals surface area (Å²) in [6.45, 7) is 5.44. The van der Waals surface area contributed by atoms with Crippen molar-refractivity contribution >= 4 is 12.2 Å². The molecule has 1 amide bonds. The van der Waals surface area contributed by atoms with E-state index in [2.05, 4.69) is 33.1 Å². The lowest BCUT2D eigenvalue weighted by molar-refractivity contribution is -0.117. The number of amides is 1. The van der Waals surface area contributed by atoms with E-state index in [0.717, 1.165) is 50.7 Å². The first-order chi connectivity index (χ1) is 17.1. The molecule has 4 rings (SSSR count). The number of unbranched alkanes of at least 4 members (excludes halogenated alkanes) is 1. The highest BCUT2D eigenvalue weighted by Gasteiger charge is 2.36. The van der Waals surface area contributed by atoms with E-state index in [9.17, 15) is 4.79 Å². The fourth-order valence-electron chi connectivity index (χ4n) is 5.26. The maximum atomic E-state index is 12.0. The zero-order valence-electron chi connectivity index (χ0n) is 21.1. The fraction of sp³-hybridized carbons (Fsp3) is 0.640. The van der Waals surface area contributed by atoms with Gasteiger partial charge in [-0.2, -0.15) is 0 Å². The molecule has 3 aliphatic rings. The van der Waals surface area contributed by atoms with Crippen LogP contribution in [0.15, 0.2) is 34.9 Å². The van der Waals surface area contributed by atoms with Crippen LogP contribution >= 0.6 is 0 Å². The Balaban J connectivity index is 1.35. The monoisotopic (exact) mass is 484 g/mol. The first kappa shape index (κ1) is 25.1. The quantitative estimate of drug-likeness (QED) is 0.372. The first-order valence-corrected chi connectivity index (χ1v) is 12.9. The molecular formula is C25H40N8O2. The van der Waals surface area contributed by atoms with Gasteiger partial charge in [-0.15, -0.1) is 5.10 Å². The van der Waals surface area contributed by atoms with Crippen molar-refractivity contribution in [1.29, 1.82) is 0 Å². The molecule has 0 bridgehead atoms. The number of hydrogen-bond acceptors (Lipinski definition) is 9. The zero-order chi connectivity index (χ0) is 24.7. The Labute approximate surface area is 208 Å². The van der Waals surface area contributed by atoms with Gasteiger partial charge in [-0.05, 0) is 69.0 Å². The Hall–Kier alpha value is -3.01. The largest absolute Gasteiger partial charge is 0.474 e. The van der Waals surface area contributed by atoms with Gasteiger partial charge in [0.15, 0.2) is 11.7 Å².